The largest absolute Gasteiger partial charge is 0.508 e. The molecule has 2 heterocycles. The normalized spacial score (nSPS) is 17.1. The van der Waals surface area contributed by atoms with Crippen LogP contribution in [0.15, 0.2) is 47.5 Å². The van der Waals surface area contributed by atoms with Gasteiger partial charge in [0.05, 0.1) is 10.4 Å². The van der Waals surface area contributed by atoms with Crippen molar-refractivity contribution in [2.75, 3.05) is 5.32 Å². The smallest absolute Gasteiger partial charge is 0.191 e. The molecule has 4 rings (SSSR count). The van der Waals surface area contributed by atoms with E-state index in [4.69, 9.17) is 0 Å². The summed E-state index contributed by atoms with van der Waals surface area (Å²) in [7, 11) is -3.77. The number of rotatable bonds is 2. The number of hydrogen-bond donors (Lipinski definition) is 2. The Morgan fingerprint density at radius 3 is 2.56 bits per heavy atom. The second kappa shape index (κ2) is 5.53. The average molecular weight is 382 g/mol. The van der Waals surface area contributed by atoms with Crippen LogP contribution in [0.4, 0.5) is 11.4 Å². The molecule has 138 valence electrons. The summed E-state index contributed by atoms with van der Waals surface area (Å²) in [6, 6.07) is 9.76. The van der Waals surface area contributed by atoms with Gasteiger partial charge in [-0.25, -0.2) is 8.42 Å². The zero-order chi connectivity index (χ0) is 19.6. The van der Waals surface area contributed by atoms with Crippen LogP contribution in [0.2, 0.25) is 0 Å². The Hall–Kier alpha value is -2.93. The summed E-state index contributed by atoms with van der Waals surface area (Å²) in [5, 5.41) is 13.6. The Morgan fingerprint density at radius 1 is 1.07 bits per heavy atom. The molecule has 0 amide bonds. The number of fused-ring (bicyclic) bond motifs is 2. The highest BCUT2D eigenvalue weighted by molar-refractivity contribution is 7.94. The van der Waals surface area contributed by atoms with Crippen molar-refractivity contribution in [1.82, 2.24) is 4.98 Å². The average Bonchev–Trinajstić information content (AvgIpc) is 2.74. The summed E-state index contributed by atoms with van der Waals surface area (Å²) in [5.74, 6) is -0.291. The third-order valence-corrected chi connectivity index (χ3v) is 7.53. The Kier molecular flexibility index (Phi) is 3.58. The SMILES string of the molecule is Cc1ccc(O)cc1Nc1ccnc2cc3c(cc12)S(=O)(=O)C(C)(C)C3=O. The van der Waals surface area contributed by atoms with Crippen LogP contribution < -0.4 is 5.32 Å². The number of nitrogens with one attached hydrogen (secondary N) is 1. The lowest BCUT2D eigenvalue weighted by Gasteiger charge is -2.14. The number of phenols is 1. The van der Waals surface area contributed by atoms with E-state index in [0.717, 1.165) is 5.56 Å². The summed E-state index contributed by atoms with van der Waals surface area (Å²) in [6.07, 6.45) is 1.59. The van der Waals surface area contributed by atoms with Gasteiger partial charge in [-0.2, -0.15) is 0 Å². The van der Waals surface area contributed by atoms with Crippen molar-refractivity contribution >= 4 is 37.9 Å². The van der Waals surface area contributed by atoms with Gasteiger partial charge in [0.15, 0.2) is 15.6 Å². The minimum absolute atomic E-state index is 0.0358. The molecule has 1 aliphatic rings. The Balaban J connectivity index is 1.94. The van der Waals surface area contributed by atoms with Crippen LogP contribution in [0.3, 0.4) is 0 Å². The third-order valence-electron chi connectivity index (χ3n) is 5.09. The third kappa shape index (κ3) is 2.42. The predicted molar refractivity (Wildman–Crippen MR) is 103 cm³/mol. The molecule has 2 aromatic carbocycles. The minimum atomic E-state index is -3.77. The topological polar surface area (TPSA) is 96.4 Å². The van der Waals surface area contributed by atoms with Gasteiger partial charge in [-0.3, -0.25) is 9.78 Å². The van der Waals surface area contributed by atoms with E-state index < -0.39 is 20.4 Å². The molecule has 7 heteroatoms. The number of aryl methyl sites for hydroxylation is 1. The van der Waals surface area contributed by atoms with Crippen LogP contribution in [-0.4, -0.2) is 29.0 Å². The number of sulfone groups is 1. The van der Waals surface area contributed by atoms with Gasteiger partial charge >= 0.3 is 0 Å². The van der Waals surface area contributed by atoms with Crippen LogP contribution in [-0.2, 0) is 9.84 Å². The number of ketones is 1. The van der Waals surface area contributed by atoms with E-state index in [-0.39, 0.29) is 16.2 Å². The van der Waals surface area contributed by atoms with Crippen LogP contribution in [0.1, 0.15) is 29.8 Å². The molecule has 27 heavy (non-hydrogen) atoms. The molecule has 1 aromatic heterocycles. The predicted octanol–water partition coefficient (Wildman–Crippen LogP) is 3.74. The summed E-state index contributed by atoms with van der Waals surface area (Å²) in [6.45, 7) is 4.75. The summed E-state index contributed by atoms with van der Waals surface area (Å²) in [4.78, 5) is 16.9. The van der Waals surface area contributed by atoms with Crippen molar-refractivity contribution in [3.05, 3.63) is 53.7 Å². The van der Waals surface area contributed by atoms with Crippen molar-refractivity contribution < 1.29 is 18.3 Å². The number of nitrogens with zero attached hydrogens (tertiary/aromatic N) is 1. The quantitative estimate of drug-likeness (QED) is 0.701. The first-order valence-electron chi connectivity index (χ1n) is 8.42. The first kappa shape index (κ1) is 17.5. The highest BCUT2D eigenvalue weighted by Gasteiger charge is 2.51. The molecule has 3 aromatic rings. The number of hydrogen-bond acceptors (Lipinski definition) is 6. The van der Waals surface area contributed by atoms with Gasteiger partial charge in [0, 0.05) is 34.6 Å². The van der Waals surface area contributed by atoms with Crippen molar-refractivity contribution in [2.24, 2.45) is 0 Å². The van der Waals surface area contributed by atoms with Crippen molar-refractivity contribution in [3.63, 3.8) is 0 Å². The molecule has 0 fully saturated rings. The molecular weight excluding hydrogens is 364 g/mol. The molecule has 0 atom stereocenters. The Labute approximate surface area is 156 Å². The highest BCUT2D eigenvalue weighted by Crippen LogP contribution is 2.41. The van der Waals surface area contributed by atoms with Crippen LogP contribution in [0, 0.1) is 6.92 Å². The molecule has 0 spiro atoms. The Bertz CT molecular complexity index is 1230. The molecule has 2 N–H and O–H groups in total. The van der Waals surface area contributed by atoms with Gasteiger partial charge in [0.1, 0.15) is 10.5 Å². The van der Waals surface area contributed by atoms with E-state index in [9.17, 15) is 18.3 Å². The number of aromatic hydroxyl groups is 1. The van der Waals surface area contributed by atoms with E-state index in [1.165, 1.54) is 19.9 Å². The zero-order valence-corrected chi connectivity index (χ0v) is 15.9. The van der Waals surface area contributed by atoms with E-state index >= 15 is 0 Å². The molecule has 0 unspecified atom stereocenters. The molecule has 0 bridgehead atoms. The first-order valence-corrected chi connectivity index (χ1v) is 9.90. The molecule has 0 aliphatic carbocycles. The van der Waals surface area contributed by atoms with Crippen LogP contribution >= 0.6 is 0 Å². The Morgan fingerprint density at radius 2 is 1.81 bits per heavy atom. The number of anilines is 2. The maximum absolute atomic E-state index is 12.8. The number of carbonyl (C=O) groups excluding carboxylic acids is 1. The number of pyridine rings is 1. The van der Waals surface area contributed by atoms with Crippen molar-refractivity contribution in [3.8, 4) is 5.75 Å². The van der Waals surface area contributed by atoms with Gasteiger partial charge in [0.2, 0.25) is 0 Å². The standard InChI is InChI=1S/C20H18N2O4S/c1-11-4-5-12(23)8-16(11)22-15-6-7-21-17-9-14-18(10-13(15)17)27(25,26)20(2,3)19(14)24/h4-10,23H,1-3H3,(H,21,22). The molecule has 6 nitrogen and oxygen atoms in total. The van der Waals surface area contributed by atoms with Crippen molar-refractivity contribution in [2.45, 2.75) is 30.4 Å². The van der Waals surface area contributed by atoms with Gasteiger partial charge in [-0.15, -0.1) is 0 Å². The van der Waals surface area contributed by atoms with E-state index in [1.807, 2.05) is 6.92 Å². The zero-order valence-electron chi connectivity index (χ0n) is 15.1. The lowest BCUT2D eigenvalue weighted by Crippen LogP contribution is -2.33. The fourth-order valence-corrected chi connectivity index (χ4v) is 4.91. The van der Waals surface area contributed by atoms with Gasteiger partial charge in [-0.05, 0) is 50.6 Å². The number of phenolic OH excluding ortho intramolecular Hbond substituents is 1. The van der Waals surface area contributed by atoms with E-state index in [1.54, 1.807) is 36.5 Å². The molecule has 0 saturated carbocycles. The van der Waals surface area contributed by atoms with E-state index in [0.29, 0.717) is 22.3 Å². The summed E-state index contributed by atoms with van der Waals surface area (Å²) < 4.78 is 24.2. The van der Waals surface area contributed by atoms with Gasteiger partial charge in [-0.1, -0.05) is 6.07 Å². The molecule has 1 aliphatic heterocycles. The molecule has 0 saturated heterocycles. The number of Topliss-reactive ketones (excluding diaryl/α,β-unsaturated/α-hetero) is 1. The van der Waals surface area contributed by atoms with E-state index in [2.05, 4.69) is 10.3 Å². The fraction of sp³-hybridized carbons (Fsp3) is 0.200. The van der Waals surface area contributed by atoms with Crippen LogP contribution in [0.25, 0.3) is 10.9 Å². The summed E-state index contributed by atoms with van der Waals surface area (Å²) >= 11 is 0. The first-order chi connectivity index (χ1) is 12.6. The highest BCUT2D eigenvalue weighted by atomic mass is 32.2. The maximum atomic E-state index is 12.8. The molecule has 0 radical (unpaired) electrons. The number of benzene rings is 2. The second-order valence-corrected chi connectivity index (χ2v) is 9.66. The lowest BCUT2D eigenvalue weighted by atomic mass is 9.99. The van der Waals surface area contributed by atoms with Crippen LogP contribution in [0.5, 0.6) is 5.75 Å². The number of carbonyl (C=O) groups is 1. The van der Waals surface area contributed by atoms with Gasteiger partial charge < -0.3 is 10.4 Å². The fourth-order valence-electron chi connectivity index (χ4n) is 3.29. The number of aromatic nitrogens is 1. The monoisotopic (exact) mass is 382 g/mol. The second-order valence-electron chi connectivity index (χ2n) is 7.19. The maximum Gasteiger partial charge on any atom is 0.191 e. The minimum Gasteiger partial charge on any atom is -0.508 e. The summed E-state index contributed by atoms with van der Waals surface area (Å²) in [5.41, 5.74) is 2.97. The molecular formula is C20H18N2O4S. The van der Waals surface area contributed by atoms with Crippen molar-refractivity contribution in [1.29, 1.82) is 0 Å². The van der Waals surface area contributed by atoms with Gasteiger partial charge in [0.25, 0.3) is 0 Å². The lowest BCUT2D eigenvalue weighted by molar-refractivity contribution is 0.0959.